The lowest BCUT2D eigenvalue weighted by atomic mass is 9.97. The lowest BCUT2D eigenvalue weighted by Gasteiger charge is -2.10. The molecule has 0 amide bonds. The van der Waals surface area contributed by atoms with Crippen LogP contribution in [0, 0.1) is 0 Å². The van der Waals surface area contributed by atoms with Crippen LogP contribution in [0.2, 0.25) is 0 Å². The monoisotopic (exact) mass is 354 g/mol. The fourth-order valence-corrected chi connectivity index (χ4v) is 2.87. The number of hydrogen-bond donors (Lipinski definition) is 0. The van der Waals surface area contributed by atoms with E-state index in [4.69, 9.17) is 0 Å². The summed E-state index contributed by atoms with van der Waals surface area (Å²) in [5.41, 5.74) is 3.62. The Balaban J connectivity index is 1.75. The highest BCUT2D eigenvalue weighted by molar-refractivity contribution is 5.67. The van der Waals surface area contributed by atoms with Gasteiger partial charge in [0.05, 0.1) is 5.69 Å². The first kappa shape index (κ1) is 16.3. The van der Waals surface area contributed by atoms with Crippen LogP contribution >= 0.6 is 0 Å². The molecule has 7 heteroatoms. The molecule has 0 aliphatic heterocycles. The Morgan fingerprint density at radius 2 is 1.54 bits per heavy atom. The molecular formula is C19H13F3N4. The molecule has 0 saturated heterocycles. The molecule has 0 unspecified atom stereocenters. The van der Waals surface area contributed by atoms with E-state index in [1.807, 2.05) is 54.6 Å². The number of halogens is 3. The van der Waals surface area contributed by atoms with Crippen molar-refractivity contribution in [2.75, 3.05) is 0 Å². The van der Waals surface area contributed by atoms with Crippen LogP contribution in [0.1, 0.15) is 17.1 Å². The number of alkyl halides is 3. The highest BCUT2D eigenvalue weighted by Gasteiger charge is 2.37. The minimum Gasteiger partial charge on any atom is -0.189 e. The molecule has 0 saturated carbocycles. The molecule has 2 heterocycles. The van der Waals surface area contributed by atoms with Gasteiger partial charge in [-0.25, -0.2) is 0 Å². The molecule has 2 aromatic heterocycles. The van der Waals surface area contributed by atoms with Crippen molar-refractivity contribution < 1.29 is 13.2 Å². The topological polar surface area (TPSA) is 43.1 Å². The second-order valence-corrected chi connectivity index (χ2v) is 5.82. The van der Waals surface area contributed by atoms with Gasteiger partial charge in [-0.2, -0.15) is 22.8 Å². The Morgan fingerprint density at radius 1 is 0.808 bits per heavy atom. The van der Waals surface area contributed by atoms with Crippen molar-refractivity contribution in [3.8, 4) is 11.1 Å². The number of fused-ring (bicyclic) bond motifs is 1. The van der Waals surface area contributed by atoms with Gasteiger partial charge in [0.2, 0.25) is 0 Å². The van der Waals surface area contributed by atoms with Crippen LogP contribution in [0.5, 0.6) is 0 Å². The van der Waals surface area contributed by atoms with Gasteiger partial charge < -0.3 is 0 Å². The minimum atomic E-state index is -4.60. The Hall–Kier alpha value is -3.22. The molecule has 0 atom stereocenters. The quantitative estimate of drug-likeness (QED) is 0.548. The van der Waals surface area contributed by atoms with Crippen LogP contribution in [0.3, 0.4) is 0 Å². The first-order valence-corrected chi connectivity index (χ1v) is 7.94. The highest BCUT2D eigenvalue weighted by atomic mass is 19.4. The molecule has 0 radical (unpaired) electrons. The molecular weight excluding hydrogens is 341 g/mol. The third-order valence-electron chi connectivity index (χ3n) is 4.05. The van der Waals surface area contributed by atoms with Gasteiger partial charge in [-0.1, -0.05) is 54.6 Å². The van der Waals surface area contributed by atoms with Crippen LogP contribution in [-0.2, 0) is 12.6 Å². The lowest BCUT2D eigenvalue weighted by Crippen LogP contribution is -2.13. The van der Waals surface area contributed by atoms with Crippen LogP contribution in [-0.4, -0.2) is 19.8 Å². The first-order valence-electron chi connectivity index (χ1n) is 7.94. The van der Waals surface area contributed by atoms with Gasteiger partial charge in [0.15, 0.2) is 5.65 Å². The fourth-order valence-electron chi connectivity index (χ4n) is 2.87. The summed E-state index contributed by atoms with van der Waals surface area (Å²) in [4.78, 5) is 0. The molecule has 0 fully saturated rings. The average Bonchev–Trinajstić information content (AvgIpc) is 3.06. The fraction of sp³-hybridized carbons (Fsp3) is 0.105. The van der Waals surface area contributed by atoms with Crippen LogP contribution < -0.4 is 0 Å². The van der Waals surface area contributed by atoms with Crippen LogP contribution in [0.15, 0.2) is 66.7 Å². The molecule has 0 bridgehead atoms. The zero-order valence-corrected chi connectivity index (χ0v) is 13.5. The van der Waals surface area contributed by atoms with Crippen molar-refractivity contribution in [2.24, 2.45) is 0 Å². The third kappa shape index (κ3) is 3.03. The Bertz CT molecular complexity index is 1060. The van der Waals surface area contributed by atoms with Gasteiger partial charge in [-0.3, -0.25) is 0 Å². The second kappa shape index (κ2) is 6.25. The van der Waals surface area contributed by atoms with Gasteiger partial charge in [-0.15, -0.1) is 10.2 Å². The SMILES string of the molecule is FC(F)(F)c1nnc2ccc(Cc3ccccc3-c3ccccc3)nn12. The number of nitrogens with zero attached hydrogens (tertiary/aromatic N) is 4. The summed E-state index contributed by atoms with van der Waals surface area (Å²) in [7, 11) is 0. The van der Waals surface area contributed by atoms with Gasteiger partial charge >= 0.3 is 6.18 Å². The Morgan fingerprint density at radius 3 is 2.31 bits per heavy atom. The molecule has 26 heavy (non-hydrogen) atoms. The summed E-state index contributed by atoms with van der Waals surface area (Å²) in [6, 6.07) is 20.8. The normalized spacial score (nSPS) is 11.8. The predicted molar refractivity (Wildman–Crippen MR) is 90.5 cm³/mol. The van der Waals surface area contributed by atoms with E-state index >= 15 is 0 Å². The number of hydrogen-bond acceptors (Lipinski definition) is 3. The van der Waals surface area contributed by atoms with Gasteiger partial charge in [0.25, 0.3) is 5.82 Å². The van der Waals surface area contributed by atoms with Gasteiger partial charge in [0, 0.05) is 6.42 Å². The summed E-state index contributed by atoms with van der Waals surface area (Å²) in [5.74, 6) is -1.12. The zero-order valence-electron chi connectivity index (χ0n) is 13.5. The molecule has 2 aromatic carbocycles. The average molecular weight is 354 g/mol. The Labute approximate surface area is 146 Å². The van der Waals surface area contributed by atoms with E-state index < -0.39 is 12.0 Å². The standard InChI is InChI=1S/C19H13F3N4/c20-19(21,22)18-24-23-17-11-10-15(25-26(17)18)12-14-8-4-5-9-16(14)13-6-2-1-3-7-13/h1-11H,12H2. The molecule has 0 spiro atoms. The summed E-state index contributed by atoms with van der Waals surface area (Å²) >= 11 is 0. The van der Waals surface area contributed by atoms with E-state index in [0.29, 0.717) is 12.1 Å². The summed E-state index contributed by atoms with van der Waals surface area (Å²) < 4.78 is 39.8. The summed E-state index contributed by atoms with van der Waals surface area (Å²) in [5, 5.41) is 10.8. The van der Waals surface area contributed by atoms with E-state index in [1.54, 1.807) is 6.07 Å². The van der Waals surface area contributed by atoms with Gasteiger partial charge in [-0.05, 0) is 28.8 Å². The third-order valence-corrected chi connectivity index (χ3v) is 4.05. The largest absolute Gasteiger partial charge is 0.453 e. The van der Waals surface area contributed by atoms with Gasteiger partial charge in [0.1, 0.15) is 0 Å². The Kier molecular flexibility index (Phi) is 3.91. The van der Waals surface area contributed by atoms with Crippen LogP contribution in [0.4, 0.5) is 13.2 Å². The lowest BCUT2D eigenvalue weighted by molar-refractivity contribution is -0.146. The number of rotatable bonds is 3. The second-order valence-electron chi connectivity index (χ2n) is 5.82. The van der Waals surface area contributed by atoms with E-state index in [2.05, 4.69) is 15.3 Å². The van der Waals surface area contributed by atoms with Crippen molar-refractivity contribution >= 4 is 5.65 Å². The minimum absolute atomic E-state index is 0.0671. The zero-order chi connectivity index (χ0) is 18.1. The first-order chi connectivity index (χ1) is 12.5. The smallest absolute Gasteiger partial charge is 0.189 e. The molecule has 4 aromatic rings. The molecule has 0 aliphatic rings. The highest BCUT2D eigenvalue weighted by Crippen LogP contribution is 2.28. The maximum atomic E-state index is 13.0. The van der Waals surface area contributed by atoms with Crippen molar-refractivity contribution in [1.29, 1.82) is 0 Å². The molecule has 4 nitrogen and oxygen atoms in total. The van der Waals surface area contributed by atoms with Crippen molar-refractivity contribution in [2.45, 2.75) is 12.6 Å². The van der Waals surface area contributed by atoms with Crippen molar-refractivity contribution in [3.05, 3.63) is 83.8 Å². The van der Waals surface area contributed by atoms with Crippen LogP contribution in [0.25, 0.3) is 16.8 Å². The van der Waals surface area contributed by atoms with Crippen molar-refractivity contribution in [1.82, 2.24) is 19.8 Å². The molecule has 0 N–H and O–H groups in total. The van der Waals surface area contributed by atoms with E-state index in [0.717, 1.165) is 21.2 Å². The number of benzene rings is 2. The summed E-state index contributed by atoms with van der Waals surface area (Å²) in [6.45, 7) is 0. The molecule has 4 rings (SSSR count). The summed E-state index contributed by atoms with van der Waals surface area (Å²) in [6.07, 6.45) is -4.20. The number of aromatic nitrogens is 4. The predicted octanol–water partition coefficient (Wildman–Crippen LogP) is 4.40. The maximum absolute atomic E-state index is 13.0. The van der Waals surface area contributed by atoms with Crippen molar-refractivity contribution in [3.63, 3.8) is 0 Å². The molecule has 130 valence electrons. The van der Waals surface area contributed by atoms with E-state index in [-0.39, 0.29) is 5.65 Å². The maximum Gasteiger partial charge on any atom is 0.453 e. The van der Waals surface area contributed by atoms with E-state index in [1.165, 1.54) is 6.07 Å². The molecule has 0 aliphatic carbocycles. The van der Waals surface area contributed by atoms with E-state index in [9.17, 15) is 13.2 Å².